The number of anilines is 1. The number of halogens is 8. The Morgan fingerprint density at radius 1 is 1.00 bits per heavy atom. The second-order valence-electron chi connectivity index (χ2n) is 7.58. The van der Waals surface area contributed by atoms with Gasteiger partial charge in [-0.2, -0.15) is 13.2 Å². The molecule has 0 radical (unpaired) electrons. The molecule has 0 saturated carbocycles. The predicted octanol–water partition coefficient (Wildman–Crippen LogP) is 6.77. The molecule has 182 valence electrons. The molecule has 12 heteroatoms. The first-order valence-corrected chi connectivity index (χ1v) is 10.6. The zero-order valence-corrected chi connectivity index (χ0v) is 18.7. The molecule has 3 aromatic rings. The summed E-state index contributed by atoms with van der Waals surface area (Å²) in [7, 11) is 0. The molecule has 3 aromatic carbocycles. The molecule has 0 saturated heterocycles. The van der Waals surface area contributed by atoms with Gasteiger partial charge in [0.1, 0.15) is 11.6 Å². The lowest BCUT2D eigenvalue weighted by Crippen LogP contribution is -2.22. The van der Waals surface area contributed by atoms with E-state index in [4.69, 9.17) is 0 Å². The van der Waals surface area contributed by atoms with Crippen LogP contribution in [0.5, 0.6) is 0 Å². The maximum atomic E-state index is 13.9. The summed E-state index contributed by atoms with van der Waals surface area (Å²) in [6, 6.07) is 5.08. The molecule has 1 atom stereocenters. The van der Waals surface area contributed by atoms with Crippen molar-refractivity contribution in [2.75, 3.05) is 5.32 Å². The summed E-state index contributed by atoms with van der Waals surface area (Å²) >= 11 is 3.14. The first kappa shape index (κ1) is 24.7. The van der Waals surface area contributed by atoms with Gasteiger partial charge in [0.05, 0.1) is 11.6 Å². The van der Waals surface area contributed by atoms with Crippen LogP contribution in [0.2, 0.25) is 0 Å². The molecule has 4 nitrogen and oxygen atoms in total. The number of fused-ring (bicyclic) bond motifs is 1. The minimum absolute atomic E-state index is 0.00787. The minimum Gasteiger partial charge on any atom is -0.341 e. The standard InChI is InChI=1S/C23H12BrF7N2O2/c24-11-6-16-18(19(33-22(16)35)15-8-12(25)1-2-14(15)20(27)28)17(7-11)32-21(34)9-3-10(23(29,30)31)5-13(26)4-9/h1-8,19-20H,(H,32,34)(H,33,35). The summed E-state index contributed by atoms with van der Waals surface area (Å²) < 4.78 is 94.4. The van der Waals surface area contributed by atoms with Crippen LogP contribution in [-0.2, 0) is 6.18 Å². The Hall–Kier alpha value is -3.41. The van der Waals surface area contributed by atoms with E-state index in [2.05, 4.69) is 26.6 Å². The zero-order chi connectivity index (χ0) is 25.7. The maximum absolute atomic E-state index is 13.9. The predicted molar refractivity (Wildman–Crippen MR) is 114 cm³/mol. The van der Waals surface area contributed by atoms with Crippen LogP contribution in [-0.4, -0.2) is 11.8 Å². The number of nitrogens with one attached hydrogen (secondary N) is 2. The zero-order valence-electron chi connectivity index (χ0n) is 17.1. The van der Waals surface area contributed by atoms with E-state index in [1.165, 1.54) is 12.1 Å². The smallest absolute Gasteiger partial charge is 0.341 e. The third-order valence-corrected chi connectivity index (χ3v) is 5.74. The van der Waals surface area contributed by atoms with Gasteiger partial charge < -0.3 is 10.6 Å². The summed E-state index contributed by atoms with van der Waals surface area (Å²) in [5, 5.41) is 4.77. The average molecular weight is 561 g/mol. The number of benzene rings is 3. The number of amides is 2. The highest BCUT2D eigenvalue weighted by molar-refractivity contribution is 9.10. The van der Waals surface area contributed by atoms with Crippen LogP contribution in [0.3, 0.4) is 0 Å². The van der Waals surface area contributed by atoms with Gasteiger partial charge in [-0.3, -0.25) is 9.59 Å². The Kier molecular flexibility index (Phi) is 6.34. The van der Waals surface area contributed by atoms with Crippen molar-refractivity contribution in [3.8, 4) is 0 Å². The Bertz CT molecular complexity index is 1360. The number of carbonyl (C=O) groups excluding carboxylic acids is 2. The highest BCUT2D eigenvalue weighted by Crippen LogP contribution is 2.41. The van der Waals surface area contributed by atoms with Gasteiger partial charge in [0.15, 0.2) is 0 Å². The van der Waals surface area contributed by atoms with Crippen LogP contribution in [0.4, 0.5) is 36.4 Å². The second kappa shape index (κ2) is 8.99. The molecule has 1 aliphatic heterocycles. The molecule has 0 aliphatic carbocycles. The van der Waals surface area contributed by atoms with Crippen LogP contribution in [0.1, 0.15) is 55.4 Å². The number of rotatable bonds is 4. The van der Waals surface area contributed by atoms with Gasteiger partial charge in [-0.15, -0.1) is 0 Å². The molecule has 1 heterocycles. The summed E-state index contributed by atoms with van der Waals surface area (Å²) in [5.41, 5.74) is -3.08. The van der Waals surface area contributed by atoms with Crippen LogP contribution in [0.25, 0.3) is 0 Å². The SMILES string of the molecule is O=C(Nc1cc(Br)cc2c1C(c1cc(F)ccc1C(F)F)NC2=O)c1cc(F)cc(C(F)(F)F)c1. The van der Waals surface area contributed by atoms with Gasteiger partial charge in [-0.05, 0) is 48.0 Å². The highest BCUT2D eigenvalue weighted by Gasteiger charge is 2.36. The van der Waals surface area contributed by atoms with E-state index in [1.54, 1.807) is 0 Å². The number of alkyl halides is 5. The van der Waals surface area contributed by atoms with E-state index in [-0.39, 0.29) is 32.9 Å². The summed E-state index contributed by atoms with van der Waals surface area (Å²) in [5.74, 6) is -4.02. The van der Waals surface area contributed by atoms with Crippen molar-refractivity contribution >= 4 is 33.4 Å². The topological polar surface area (TPSA) is 58.2 Å². The molecule has 35 heavy (non-hydrogen) atoms. The van der Waals surface area contributed by atoms with Gasteiger partial charge in [-0.1, -0.05) is 22.0 Å². The lowest BCUT2D eigenvalue weighted by Gasteiger charge is -2.20. The molecule has 0 aromatic heterocycles. The second-order valence-corrected chi connectivity index (χ2v) is 8.49. The molecule has 0 fully saturated rings. The number of hydrogen-bond donors (Lipinski definition) is 2. The van der Waals surface area contributed by atoms with E-state index in [1.807, 2.05) is 0 Å². The van der Waals surface area contributed by atoms with Gasteiger partial charge in [0.25, 0.3) is 18.2 Å². The lowest BCUT2D eigenvalue weighted by molar-refractivity contribution is -0.137. The number of hydrogen-bond acceptors (Lipinski definition) is 2. The van der Waals surface area contributed by atoms with E-state index in [9.17, 15) is 40.3 Å². The summed E-state index contributed by atoms with van der Waals surface area (Å²) in [6.07, 6.45) is -7.94. The molecule has 0 spiro atoms. The molecular weight excluding hydrogens is 549 g/mol. The molecule has 4 rings (SSSR count). The van der Waals surface area contributed by atoms with Gasteiger partial charge in [-0.25, -0.2) is 17.6 Å². The average Bonchev–Trinajstić information content (AvgIpc) is 3.08. The Balaban J connectivity index is 1.81. The van der Waals surface area contributed by atoms with Crippen LogP contribution in [0, 0.1) is 11.6 Å². The van der Waals surface area contributed by atoms with E-state index in [0.29, 0.717) is 12.1 Å². The molecule has 1 unspecified atom stereocenters. The van der Waals surface area contributed by atoms with Crippen molar-refractivity contribution in [1.82, 2.24) is 5.32 Å². The van der Waals surface area contributed by atoms with Crippen molar-refractivity contribution < 1.29 is 40.3 Å². The quantitative estimate of drug-likeness (QED) is 0.346. The Morgan fingerprint density at radius 2 is 1.71 bits per heavy atom. The fourth-order valence-corrected chi connectivity index (χ4v) is 4.27. The van der Waals surface area contributed by atoms with Crippen molar-refractivity contribution in [1.29, 1.82) is 0 Å². The normalized spacial score (nSPS) is 15.2. The van der Waals surface area contributed by atoms with Crippen LogP contribution in [0.15, 0.2) is 53.0 Å². The summed E-state index contributed by atoms with van der Waals surface area (Å²) in [4.78, 5) is 25.3. The molecule has 1 aliphatic rings. The maximum Gasteiger partial charge on any atom is 0.416 e. The van der Waals surface area contributed by atoms with Crippen molar-refractivity contribution in [3.63, 3.8) is 0 Å². The van der Waals surface area contributed by atoms with Gasteiger partial charge in [0, 0.05) is 32.4 Å². The number of carbonyl (C=O) groups is 2. The van der Waals surface area contributed by atoms with Crippen molar-refractivity contribution in [2.45, 2.75) is 18.6 Å². The van der Waals surface area contributed by atoms with Crippen LogP contribution < -0.4 is 10.6 Å². The van der Waals surface area contributed by atoms with Crippen LogP contribution >= 0.6 is 15.9 Å². The first-order valence-electron chi connectivity index (χ1n) is 9.76. The van der Waals surface area contributed by atoms with Gasteiger partial charge in [0.2, 0.25) is 0 Å². The third-order valence-electron chi connectivity index (χ3n) is 5.28. The van der Waals surface area contributed by atoms with Crippen molar-refractivity contribution in [3.05, 3.63) is 98.0 Å². The highest BCUT2D eigenvalue weighted by atomic mass is 79.9. The Labute approximate surface area is 201 Å². The largest absolute Gasteiger partial charge is 0.416 e. The monoisotopic (exact) mass is 560 g/mol. The first-order chi connectivity index (χ1) is 16.3. The Morgan fingerprint density at radius 3 is 2.37 bits per heavy atom. The summed E-state index contributed by atoms with van der Waals surface area (Å²) in [6.45, 7) is 0. The molecule has 2 amide bonds. The molecular formula is C23H12BrF7N2O2. The minimum atomic E-state index is -4.92. The fraction of sp³-hybridized carbons (Fsp3) is 0.130. The lowest BCUT2D eigenvalue weighted by atomic mass is 9.93. The van der Waals surface area contributed by atoms with E-state index >= 15 is 0 Å². The fourth-order valence-electron chi connectivity index (χ4n) is 3.81. The molecule has 0 bridgehead atoms. The van der Waals surface area contributed by atoms with E-state index in [0.717, 1.165) is 18.2 Å². The van der Waals surface area contributed by atoms with E-state index < -0.39 is 58.8 Å². The van der Waals surface area contributed by atoms with Crippen molar-refractivity contribution in [2.24, 2.45) is 0 Å². The third kappa shape index (κ3) is 4.88. The van der Waals surface area contributed by atoms with Gasteiger partial charge >= 0.3 is 6.18 Å². The molecule has 2 N–H and O–H groups in total.